The molecule has 6 heteroatoms. The van der Waals surface area contributed by atoms with Crippen LogP contribution in [0.2, 0.25) is 0 Å². The van der Waals surface area contributed by atoms with Gasteiger partial charge in [0.1, 0.15) is 0 Å². The van der Waals surface area contributed by atoms with Gasteiger partial charge in [-0.1, -0.05) is 35.5 Å². The highest BCUT2D eigenvalue weighted by Gasteiger charge is 2.32. The van der Waals surface area contributed by atoms with Gasteiger partial charge in [0, 0.05) is 0 Å². The van der Waals surface area contributed by atoms with Gasteiger partial charge in [0.05, 0.1) is 24.6 Å². The maximum Gasteiger partial charge on any atom is 0.218 e. The standard InChI is InChI=1S/C10H12N2O3S/c13-11-10-6-12(7-10)16(14,15)8-9-4-2-1-3-5-9/h1-5,13H,6-8H2. The molecule has 16 heavy (non-hydrogen) atoms. The van der Waals surface area contributed by atoms with Gasteiger partial charge in [0.15, 0.2) is 0 Å². The van der Waals surface area contributed by atoms with Crippen LogP contribution in [0.15, 0.2) is 35.5 Å². The Hall–Kier alpha value is -1.40. The van der Waals surface area contributed by atoms with Gasteiger partial charge >= 0.3 is 0 Å². The van der Waals surface area contributed by atoms with Crippen molar-refractivity contribution in [3.63, 3.8) is 0 Å². The molecule has 5 nitrogen and oxygen atoms in total. The second-order valence-corrected chi connectivity index (χ2v) is 5.65. The minimum Gasteiger partial charge on any atom is -0.411 e. The summed E-state index contributed by atoms with van der Waals surface area (Å²) < 4.78 is 25.0. The number of benzene rings is 1. The second-order valence-electron chi connectivity index (χ2n) is 3.68. The zero-order valence-corrected chi connectivity index (χ0v) is 9.39. The Balaban J connectivity index is 2.05. The number of rotatable bonds is 3. The van der Waals surface area contributed by atoms with Crippen LogP contribution < -0.4 is 0 Å². The number of hydrogen-bond acceptors (Lipinski definition) is 4. The zero-order valence-electron chi connectivity index (χ0n) is 8.57. The maximum atomic E-state index is 11.8. The normalized spacial score (nSPS) is 16.9. The van der Waals surface area contributed by atoms with E-state index < -0.39 is 10.0 Å². The Morgan fingerprint density at radius 3 is 2.44 bits per heavy atom. The zero-order chi connectivity index (χ0) is 11.6. The summed E-state index contributed by atoms with van der Waals surface area (Å²) in [5, 5.41) is 11.4. The predicted molar refractivity (Wildman–Crippen MR) is 59.9 cm³/mol. The van der Waals surface area contributed by atoms with Crippen LogP contribution in [0.4, 0.5) is 0 Å². The minimum absolute atomic E-state index is 0.00739. The van der Waals surface area contributed by atoms with Crippen LogP contribution in [0.5, 0.6) is 0 Å². The van der Waals surface area contributed by atoms with E-state index in [0.29, 0.717) is 5.71 Å². The summed E-state index contributed by atoms with van der Waals surface area (Å²) in [4.78, 5) is 0. The monoisotopic (exact) mass is 240 g/mol. The molecule has 1 aromatic carbocycles. The first-order chi connectivity index (χ1) is 7.62. The van der Waals surface area contributed by atoms with Crippen LogP contribution in [-0.4, -0.2) is 36.7 Å². The summed E-state index contributed by atoms with van der Waals surface area (Å²) in [6.45, 7) is 0.400. The molecule has 0 spiro atoms. The molecule has 0 atom stereocenters. The van der Waals surface area contributed by atoms with Crippen molar-refractivity contribution >= 4 is 15.7 Å². The lowest BCUT2D eigenvalue weighted by molar-refractivity contribution is 0.305. The van der Waals surface area contributed by atoms with E-state index in [-0.39, 0.29) is 18.8 Å². The number of hydrogen-bond donors (Lipinski definition) is 1. The summed E-state index contributed by atoms with van der Waals surface area (Å²) in [5.41, 5.74) is 1.26. The van der Waals surface area contributed by atoms with Crippen LogP contribution in [0, 0.1) is 0 Å². The van der Waals surface area contributed by atoms with Gasteiger partial charge in [-0.3, -0.25) is 0 Å². The fourth-order valence-corrected chi connectivity index (χ4v) is 2.98. The van der Waals surface area contributed by atoms with E-state index in [0.717, 1.165) is 5.56 Å². The van der Waals surface area contributed by atoms with Crippen LogP contribution >= 0.6 is 0 Å². The molecule has 1 N–H and O–H groups in total. The van der Waals surface area contributed by atoms with Crippen LogP contribution in [-0.2, 0) is 15.8 Å². The van der Waals surface area contributed by atoms with Gasteiger partial charge in [-0.15, -0.1) is 0 Å². The second kappa shape index (κ2) is 4.23. The molecule has 0 bridgehead atoms. The van der Waals surface area contributed by atoms with Gasteiger partial charge < -0.3 is 5.21 Å². The summed E-state index contributed by atoms with van der Waals surface area (Å²) in [6, 6.07) is 9.01. The number of oxime groups is 1. The van der Waals surface area contributed by atoms with Crippen molar-refractivity contribution in [3.05, 3.63) is 35.9 Å². The number of sulfonamides is 1. The largest absolute Gasteiger partial charge is 0.411 e. The van der Waals surface area contributed by atoms with Crippen molar-refractivity contribution < 1.29 is 13.6 Å². The van der Waals surface area contributed by atoms with Gasteiger partial charge in [-0.2, -0.15) is 4.31 Å². The average Bonchev–Trinajstić information content (AvgIpc) is 2.16. The average molecular weight is 240 g/mol. The molecule has 1 fully saturated rings. The SMILES string of the molecule is O=S(=O)(Cc1ccccc1)N1CC(=NO)C1. The van der Waals surface area contributed by atoms with E-state index in [4.69, 9.17) is 5.21 Å². The van der Waals surface area contributed by atoms with E-state index in [9.17, 15) is 8.42 Å². The Kier molecular flexibility index (Phi) is 2.93. The predicted octanol–water partition coefficient (Wildman–Crippen LogP) is 0.662. The fourth-order valence-electron chi connectivity index (χ4n) is 1.50. The van der Waals surface area contributed by atoms with Gasteiger partial charge in [0.25, 0.3) is 0 Å². The molecule has 1 aliphatic heterocycles. The van der Waals surface area contributed by atoms with E-state index in [1.807, 2.05) is 18.2 Å². The summed E-state index contributed by atoms with van der Waals surface area (Å²) >= 11 is 0. The third kappa shape index (κ3) is 2.23. The Morgan fingerprint density at radius 2 is 1.88 bits per heavy atom. The molecule has 2 rings (SSSR count). The Labute approximate surface area is 94.0 Å². The molecule has 0 aliphatic carbocycles. The molecule has 0 aromatic heterocycles. The summed E-state index contributed by atoms with van der Waals surface area (Å²) in [6.07, 6.45) is 0. The van der Waals surface area contributed by atoms with E-state index in [2.05, 4.69) is 5.16 Å². The van der Waals surface area contributed by atoms with Crippen molar-refractivity contribution in [1.82, 2.24) is 4.31 Å². The maximum absolute atomic E-state index is 11.8. The highest BCUT2D eigenvalue weighted by molar-refractivity contribution is 7.88. The van der Waals surface area contributed by atoms with E-state index in [1.165, 1.54) is 4.31 Å². The molecule has 0 radical (unpaired) electrons. The number of nitrogens with zero attached hydrogens (tertiary/aromatic N) is 2. The quantitative estimate of drug-likeness (QED) is 0.623. The fraction of sp³-hybridized carbons (Fsp3) is 0.300. The van der Waals surface area contributed by atoms with E-state index in [1.54, 1.807) is 12.1 Å². The topological polar surface area (TPSA) is 70.0 Å². The summed E-state index contributed by atoms with van der Waals surface area (Å²) in [5.74, 6) is -0.00739. The van der Waals surface area contributed by atoms with Gasteiger partial charge in [-0.25, -0.2) is 8.42 Å². The Bertz CT molecular complexity index is 488. The molecule has 1 aliphatic rings. The molecule has 1 aromatic rings. The van der Waals surface area contributed by atoms with Crippen molar-refractivity contribution in [1.29, 1.82) is 0 Å². The molecule has 1 heterocycles. The first-order valence-corrected chi connectivity index (χ1v) is 6.44. The molecule has 86 valence electrons. The van der Waals surface area contributed by atoms with Gasteiger partial charge in [0.2, 0.25) is 10.0 Å². The molecular weight excluding hydrogens is 228 g/mol. The highest BCUT2D eigenvalue weighted by Crippen LogP contribution is 2.15. The Morgan fingerprint density at radius 1 is 1.25 bits per heavy atom. The van der Waals surface area contributed by atoms with Crippen LogP contribution in [0.1, 0.15) is 5.56 Å². The minimum atomic E-state index is -3.28. The third-order valence-electron chi connectivity index (χ3n) is 2.44. The molecular formula is C10H12N2O3S. The van der Waals surface area contributed by atoms with Crippen molar-refractivity contribution in [3.8, 4) is 0 Å². The smallest absolute Gasteiger partial charge is 0.218 e. The van der Waals surface area contributed by atoms with Crippen LogP contribution in [0.25, 0.3) is 0 Å². The lowest BCUT2D eigenvalue weighted by Gasteiger charge is -2.30. The van der Waals surface area contributed by atoms with Crippen molar-refractivity contribution in [2.75, 3.05) is 13.1 Å². The lowest BCUT2D eigenvalue weighted by Crippen LogP contribution is -2.50. The first-order valence-electron chi connectivity index (χ1n) is 4.83. The summed E-state index contributed by atoms with van der Waals surface area (Å²) in [7, 11) is -3.28. The lowest BCUT2D eigenvalue weighted by atomic mass is 10.2. The highest BCUT2D eigenvalue weighted by atomic mass is 32.2. The molecule has 0 saturated carbocycles. The van der Waals surface area contributed by atoms with E-state index >= 15 is 0 Å². The van der Waals surface area contributed by atoms with Crippen LogP contribution in [0.3, 0.4) is 0 Å². The van der Waals surface area contributed by atoms with Crippen molar-refractivity contribution in [2.45, 2.75) is 5.75 Å². The first kappa shape index (κ1) is 11.1. The molecule has 0 unspecified atom stereocenters. The van der Waals surface area contributed by atoms with Crippen molar-refractivity contribution in [2.24, 2.45) is 5.16 Å². The molecule has 1 saturated heterocycles. The third-order valence-corrected chi connectivity index (χ3v) is 4.19. The van der Waals surface area contributed by atoms with Gasteiger partial charge in [-0.05, 0) is 5.56 Å². The molecule has 0 amide bonds.